The van der Waals surface area contributed by atoms with E-state index in [0.717, 1.165) is 21.7 Å². The minimum atomic E-state index is 0.633. The van der Waals surface area contributed by atoms with Crippen LogP contribution in [0.15, 0.2) is 51.8 Å². The number of nitrogen functional groups attached to an aromatic ring is 1. The van der Waals surface area contributed by atoms with Crippen molar-refractivity contribution in [3.8, 4) is 5.75 Å². The van der Waals surface area contributed by atoms with E-state index in [1.807, 2.05) is 42.5 Å². The third-order valence-electron chi connectivity index (χ3n) is 2.91. The van der Waals surface area contributed by atoms with Crippen molar-refractivity contribution in [2.75, 3.05) is 12.8 Å². The van der Waals surface area contributed by atoms with Crippen LogP contribution in [0.25, 0.3) is 11.1 Å². The van der Waals surface area contributed by atoms with Gasteiger partial charge in [-0.3, -0.25) is 0 Å². The number of hydrogen-bond acceptors (Lipinski definition) is 5. The number of benzene rings is 2. The summed E-state index contributed by atoms with van der Waals surface area (Å²) >= 11 is 1.62. The fraction of sp³-hybridized carbons (Fsp3) is 0.133. The highest BCUT2D eigenvalue weighted by Gasteiger charge is 2.10. The van der Waals surface area contributed by atoms with Crippen LogP contribution < -0.4 is 10.5 Å². The molecule has 0 radical (unpaired) electrons. The number of nitrogens with zero attached hydrogens (tertiary/aromatic N) is 1. The van der Waals surface area contributed by atoms with E-state index in [0.29, 0.717) is 17.3 Å². The summed E-state index contributed by atoms with van der Waals surface area (Å²) in [5.41, 5.74) is 7.96. The fourth-order valence-corrected chi connectivity index (χ4v) is 2.83. The van der Waals surface area contributed by atoms with Crippen molar-refractivity contribution in [2.24, 2.45) is 0 Å². The van der Waals surface area contributed by atoms with Gasteiger partial charge in [0.2, 0.25) is 5.89 Å². The Hall–Kier alpha value is -2.14. The average Bonchev–Trinajstić information content (AvgIpc) is 2.90. The van der Waals surface area contributed by atoms with Gasteiger partial charge in [-0.15, -0.1) is 11.8 Å². The SMILES string of the molecule is COc1ccccc1SCc1nc2c(N)cccc2o1. The summed E-state index contributed by atoms with van der Waals surface area (Å²) in [5.74, 6) is 2.15. The second-order valence-corrected chi connectivity index (χ2v) is 5.26. The summed E-state index contributed by atoms with van der Waals surface area (Å²) in [7, 11) is 1.67. The van der Waals surface area contributed by atoms with Gasteiger partial charge in [-0.2, -0.15) is 0 Å². The Morgan fingerprint density at radius 3 is 2.85 bits per heavy atom. The Morgan fingerprint density at radius 2 is 2.05 bits per heavy atom. The van der Waals surface area contributed by atoms with Crippen LogP contribution in [0.2, 0.25) is 0 Å². The maximum atomic E-state index is 5.87. The number of oxazole rings is 1. The van der Waals surface area contributed by atoms with Crippen LogP contribution >= 0.6 is 11.8 Å². The minimum absolute atomic E-state index is 0.633. The molecule has 2 N–H and O–H groups in total. The number of aromatic nitrogens is 1. The van der Waals surface area contributed by atoms with Crippen molar-refractivity contribution in [3.63, 3.8) is 0 Å². The van der Waals surface area contributed by atoms with E-state index in [4.69, 9.17) is 14.9 Å². The lowest BCUT2D eigenvalue weighted by Crippen LogP contribution is -1.87. The third kappa shape index (κ3) is 2.44. The van der Waals surface area contributed by atoms with Crippen molar-refractivity contribution in [1.82, 2.24) is 4.98 Å². The smallest absolute Gasteiger partial charge is 0.205 e. The van der Waals surface area contributed by atoms with Gasteiger partial charge in [-0.05, 0) is 24.3 Å². The molecular weight excluding hydrogens is 272 g/mol. The van der Waals surface area contributed by atoms with E-state index in [2.05, 4.69) is 4.98 Å². The first-order valence-electron chi connectivity index (χ1n) is 6.17. The summed E-state index contributed by atoms with van der Waals surface area (Å²) in [4.78, 5) is 5.49. The molecule has 0 bridgehead atoms. The molecule has 1 heterocycles. The molecule has 0 aliphatic carbocycles. The Kier molecular flexibility index (Phi) is 3.52. The molecule has 0 saturated heterocycles. The number of hydrogen-bond donors (Lipinski definition) is 1. The predicted octanol–water partition coefficient (Wildman–Crippen LogP) is 3.71. The maximum Gasteiger partial charge on any atom is 0.205 e. The molecular formula is C15H14N2O2S. The first-order valence-corrected chi connectivity index (χ1v) is 7.16. The van der Waals surface area contributed by atoms with Crippen LogP contribution in [0.1, 0.15) is 5.89 Å². The standard InChI is InChI=1S/C15H14N2O2S/c1-18-11-6-2-3-8-13(11)20-9-14-17-15-10(16)5-4-7-12(15)19-14/h2-8H,9,16H2,1H3. The second-order valence-electron chi connectivity index (χ2n) is 4.24. The van der Waals surface area contributed by atoms with Crippen molar-refractivity contribution < 1.29 is 9.15 Å². The highest BCUT2D eigenvalue weighted by Crippen LogP contribution is 2.32. The monoisotopic (exact) mass is 286 g/mol. The summed E-state index contributed by atoms with van der Waals surface area (Å²) in [5, 5.41) is 0. The first kappa shape index (κ1) is 12.9. The number of anilines is 1. The zero-order valence-electron chi connectivity index (χ0n) is 11.0. The molecule has 2 aromatic carbocycles. The van der Waals surface area contributed by atoms with E-state index < -0.39 is 0 Å². The van der Waals surface area contributed by atoms with E-state index in [1.54, 1.807) is 18.9 Å². The third-order valence-corrected chi connectivity index (χ3v) is 3.95. The van der Waals surface area contributed by atoms with Crippen molar-refractivity contribution in [2.45, 2.75) is 10.6 Å². The number of nitrogens with two attached hydrogens (primary N) is 1. The van der Waals surface area contributed by atoms with Gasteiger partial charge in [0, 0.05) is 4.90 Å². The van der Waals surface area contributed by atoms with E-state index >= 15 is 0 Å². The van der Waals surface area contributed by atoms with Gasteiger partial charge in [-0.25, -0.2) is 4.98 Å². The van der Waals surface area contributed by atoms with Crippen LogP contribution in [0.3, 0.4) is 0 Å². The van der Waals surface area contributed by atoms with Crippen LogP contribution in [-0.2, 0) is 5.75 Å². The predicted molar refractivity (Wildman–Crippen MR) is 81.0 cm³/mol. The topological polar surface area (TPSA) is 61.3 Å². The highest BCUT2D eigenvalue weighted by atomic mass is 32.2. The van der Waals surface area contributed by atoms with E-state index in [9.17, 15) is 0 Å². The van der Waals surface area contributed by atoms with Crippen LogP contribution in [0.4, 0.5) is 5.69 Å². The Morgan fingerprint density at radius 1 is 1.20 bits per heavy atom. The quantitative estimate of drug-likeness (QED) is 0.585. The van der Waals surface area contributed by atoms with Crippen molar-refractivity contribution in [3.05, 3.63) is 48.4 Å². The lowest BCUT2D eigenvalue weighted by Gasteiger charge is -2.05. The molecule has 5 heteroatoms. The number of thioether (sulfide) groups is 1. The lowest BCUT2D eigenvalue weighted by atomic mass is 10.3. The Labute approximate surface area is 120 Å². The van der Waals surface area contributed by atoms with E-state index in [1.165, 1.54) is 0 Å². The van der Waals surface area contributed by atoms with Gasteiger partial charge in [0.25, 0.3) is 0 Å². The molecule has 0 amide bonds. The average molecular weight is 286 g/mol. The number of para-hydroxylation sites is 2. The molecule has 3 rings (SSSR count). The zero-order chi connectivity index (χ0) is 13.9. The van der Waals surface area contributed by atoms with Crippen LogP contribution in [-0.4, -0.2) is 12.1 Å². The molecule has 0 unspecified atom stereocenters. The van der Waals surface area contributed by atoms with Crippen molar-refractivity contribution in [1.29, 1.82) is 0 Å². The molecule has 20 heavy (non-hydrogen) atoms. The molecule has 4 nitrogen and oxygen atoms in total. The summed E-state index contributed by atoms with van der Waals surface area (Å²) in [6, 6.07) is 13.4. The maximum absolute atomic E-state index is 5.87. The minimum Gasteiger partial charge on any atom is -0.496 e. The van der Waals surface area contributed by atoms with Crippen molar-refractivity contribution >= 4 is 28.5 Å². The van der Waals surface area contributed by atoms with Gasteiger partial charge in [0.15, 0.2) is 5.58 Å². The highest BCUT2D eigenvalue weighted by molar-refractivity contribution is 7.98. The molecule has 0 fully saturated rings. The molecule has 0 saturated carbocycles. The number of fused-ring (bicyclic) bond motifs is 1. The number of methoxy groups -OCH3 is 1. The van der Waals surface area contributed by atoms with Crippen LogP contribution in [0, 0.1) is 0 Å². The van der Waals surface area contributed by atoms with Gasteiger partial charge < -0.3 is 14.9 Å². The van der Waals surface area contributed by atoms with E-state index in [-0.39, 0.29) is 0 Å². The Bertz CT molecular complexity index is 740. The fourth-order valence-electron chi connectivity index (χ4n) is 1.96. The van der Waals surface area contributed by atoms with Gasteiger partial charge in [-0.1, -0.05) is 18.2 Å². The molecule has 3 aromatic rings. The van der Waals surface area contributed by atoms with Crippen LogP contribution in [0.5, 0.6) is 5.75 Å². The number of rotatable bonds is 4. The zero-order valence-corrected chi connectivity index (χ0v) is 11.8. The summed E-state index contributed by atoms with van der Waals surface area (Å²) in [6.45, 7) is 0. The van der Waals surface area contributed by atoms with Gasteiger partial charge >= 0.3 is 0 Å². The molecule has 1 aromatic heterocycles. The summed E-state index contributed by atoms with van der Waals surface area (Å²) in [6.07, 6.45) is 0. The molecule has 0 atom stereocenters. The molecule has 0 aliphatic heterocycles. The Balaban J connectivity index is 1.82. The van der Waals surface area contributed by atoms with Gasteiger partial charge in [0.1, 0.15) is 11.3 Å². The number of ether oxygens (including phenoxy) is 1. The normalized spacial score (nSPS) is 10.8. The molecule has 0 spiro atoms. The summed E-state index contributed by atoms with van der Waals surface area (Å²) < 4.78 is 11.0. The molecule has 0 aliphatic rings. The second kappa shape index (κ2) is 5.46. The lowest BCUT2D eigenvalue weighted by molar-refractivity contribution is 0.405. The largest absolute Gasteiger partial charge is 0.496 e. The molecule has 102 valence electrons. The first-order chi connectivity index (χ1) is 9.78. The van der Waals surface area contributed by atoms with Gasteiger partial charge in [0.05, 0.1) is 18.6 Å².